The van der Waals surface area contributed by atoms with Crippen LogP contribution in [0.25, 0.3) is 0 Å². The van der Waals surface area contributed by atoms with Crippen molar-refractivity contribution in [2.45, 2.75) is 61.7 Å². The van der Waals surface area contributed by atoms with Crippen molar-refractivity contribution >= 4 is 0 Å². The normalized spacial score (nSPS) is 20.7. The fourth-order valence-corrected chi connectivity index (χ4v) is 2.15. The summed E-state index contributed by atoms with van der Waals surface area (Å²) in [7, 11) is 0. The van der Waals surface area contributed by atoms with Crippen LogP contribution in [0.5, 0.6) is 0 Å². The minimum atomic E-state index is -7.36. The van der Waals surface area contributed by atoms with Crippen LogP contribution in [-0.2, 0) is 9.47 Å². The monoisotopic (exact) mass is 412 g/mol. The summed E-state index contributed by atoms with van der Waals surface area (Å²) in [4.78, 5) is 0. The van der Waals surface area contributed by atoms with E-state index in [2.05, 4.69) is 4.74 Å². The number of rotatable bonds is 9. The third kappa shape index (κ3) is 4.34. The maximum Gasteiger partial charge on any atom is 0.460 e. The van der Waals surface area contributed by atoms with Gasteiger partial charge in [0.1, 0.15) is 0 Å². The highest BCUT2D eigenvalue weighted by atomic mass is 19.4. The van der Waals surface area contributed by atoms with E-state index in [1.807, 2.05) is 0 Å². The lowest BCUT2D eigenvalue weighted by atomic mass is 9.96. The van der Waals surface area contributed by atoms with Gasteiger partial charge in [-0.2, -0.15) is 48.3 Å². The smallest absolute Gasteiger partial charge is 0.381 e. The number of hydrogen-bond donors (Lipinski definition) is 0. The van der Waals surface area contributed by atoms with Gasteiger partial charge >= 0.3 is 29.9 Å². The lowest BCUT2D eigenvalue weighted by Gasteiger charge is -2.37. The van der Waals surface area contributed by atoms with Gasteiger partial charge in [-0.3, -0.25) is 0 Å². The van der Waals surface area contributed by atoms with Gasteiger partial charge in [0.25, 0.3) is 0 Å². The summed E-state index contributed by atoms with van der Waals surface area (Å²) in [5.41, 5.74) is 0. The van der Waals surface area contributed by atoms with E-state index in [1.165, 1.54) is 0 Å². The summed E-state index contributed by atoms with van der Waals surface area (Å²) in [5.74, 6) is -27.5. The summed E-state index contributed by atoms with van der Waals surface area (Å²) < 4.78 is 150. The average molecular weight is 412 g/mol. The van der Waals surface area contributed by atoms with Crippen molar-refractivity contribution in [2.24, 2.45) is 0 Å². The molecule has 1 aliphatic rings. The molecule has 1 fully saturated rings. The first-order valence-corrected chi connectivity index (χ1v) is 7.35. The molecule has 13 heteroatoms. The molecule has 1 saturated heterocycles. The second-order valence-corrected chi connectivity index (χ2v) is 5.71. The predicted molar refractivity (Wildman–Crippen MR) is 64.9 cm³/mol. The zero-order valence-corrected chi connectivity index (χ0v) is 13.0. The summed E-state index contributed by atoms with van der Waals surface area (Å²) in [6.45, 7) is -1.04. The molecule has 1 heterocycles. The maximum absolute atomic E-state index is 13.3. The second-order valence-electron chi connectivity index (χ2n) is 5.71. The molecule has 1 aliphatic heterocycles. The van der Waals surface area contributed by atoms with E-state index in [-0.39, 0.29) is 19.1 Å². The third-order valence-electron chi connectivity index (χ3n) is 3.77. The van der Waals surface area contributed by atoms with Gasteiger partial charge in [0.05, 0.1) is 12.7 Å². The molecule has 0 aromatic rings. The van der Waals surface area contributed by atoms with Crippen molar-refractivity contribution in [1.82, 2.24) is 0 Å². The molecule has 1 atom stereocenters. The Morgan fingerprint density at radius 3 is 1.81 bits per heavy atom. The Morgan fingerprint density at radius 1 is 0.769 bits per heavy atom. The molecular formula is C13H15F11O2. The Bertz CT molecular complexity index is 455. The van der Waals surface area contributed by atoms with Gasteiger partial charge in [0.15, 0.2) is 0 Å². The summed E-state index contributed by atoms with van der Waals surface area (Å²) in [6, 6.07) is 0. The Labute approximate surface area is 140 Å². The van der Waals surface area contributed by atoms with Gasteiger partial charge in [-0.05, 0) is 19.3 Å². The molecule has 0 bridgehead atoms. The summed E-state index contributed by atoms with van der Waals surface area (Å²) in [6.07, 6.45) is -7.97. The fourth-order valence-electron chi connectivity index (χ4n) is 2.15. The Kier molecular flexibility index (Phi) is 6.82. The third-order valence-corrected chi connectivity index (χ3v) is 3.77. The first-order valence-electron chi connectivity index (χ1n) is 7.35. The number of hydrogen-bond acceptors (Lipinski definition) is 2. The van der Waals surface area contributed by atoms with Gasteiger partial charge in [0.2, 0.25) is 0 Å². The van der Waals surface area contributed by atoms with Crippen LogP contribution >= 0.6 is 0 Å². The first kappa shape index (κ1) is 23.2. The van der Waals surface area contributed by atoms with Crippen molar-refractivity contribution in [3.63, 3.8) is 0 Å². The molecular weight excluding hydrogens is 397 g/mol. The molecule has 0 amide bonds. The van der Waals surface area contributed by atoms with E-state index < -0.39 is 42.9 Å². The van der Waals surface area contributed by atoms with Gasteiger partial charge in [-0.15, -0.1) is 0 Å². The SMILES string of the molecule is FC(F)(F)C(F)(F)C(F)(F)C(F)(F)C(F)(F)CCOCCC1CCCO1. The fraction of sp³-hybridized carbons (Fsp3) is 1.00. The lowest BCUT2D eigenvalue weighted by Crippen LogP contribution is -2.66. The molecule has 0 saturated carbocycles. The molecule has 0 radical (unpaired) electrons. The standard InChI is InChI=1S/C13H15F11O2/c14-9(15,4-7-25-6-3-8-2-1-5-26-8)10(16,17)11(18,19)12(20,21)13(22,23)24/h8H,1-7H2. The van der Waals surface area contributed by atoms with Crippen molar-refractivity contribution < 1.29 is 57.8 Å². The minimum Gasteiger partial charge on any atom is -0.381 e. The van der Waals surface area contributed by atoms with Crippen LogP contribution in [0.1, 0.15) is 25.7 Å². The van der Waals surface area contributed by atoms with E-state index in [4.69, 9.17) is 4.74 Å². The zero-order valence-electron chi connectivity index (χ0n) is 13.0. The molecule has 1 unspecified atom stereocenters. The predicted octanol–water partition coefficient (Wildman–Crippen LogP) is 5.07. The van der Waals surface area contributed by atoms with E-state index in [1.54, 1.807) is 0 Å². The highest BCUT2D eigenvalue weighted by molar-refractivity contribution is 5.06. The average Bonchev–Trinajstić information content (AvgIpc) is 2.98. The van der Waals surface area contributed by atoms with Gasteiger partial charge in [-0.1, -0.05) is 0 Å². The zero-order chi connectivity index (χ0) is 20.4. The highest BCUT2D eigenvalue weighted by Gasteiger charge is 2.86. The molecule has 0 spiro atoms. The molecule has 0 aromatic carbocycles. The molecule has 0 N–H and O–H groups in total. The molecule has 1 rings (SSSR count). The summed E-state index contributed by atoms with van der Waals surface area (Å²) >= 11 is 0. The number of alkyl halides is 11. The van der Waals surface area contributed by atoms with Crippen LogP contribution in [0.2, 0.25) is 0 Å². The lowest BCUT2D eigenvalue weighted by molar-refractivity contribution is -0.422. The Balaban J connectivity index is 2.68. The van der Waals surface area contributed by atoms with Crippen molar-refractivity contribution in [3.05, 3.63) is 0 Å². The van der Waals surface area contributed by atoms with Crippen LogP contribution in [0.15, 0.2) is 0 Å². The number of ether oxygens (including phenoxy) is 2. The van der Waals surface area contributed by atoms with Crippen LogP contribution in [0.4, 0.5) is 48.3 Å². The van der Waals surface area contributed by atoms with Crippen LogP contribution in [-0.4, -0.2) is 55.8 Å². The number of halogens is 11. The molecule has 0 aromatic heterocycles. The van der Waals surface area contributed by atoms with Crippen molar-refractivity contribution in [3.8, 4) is 0 Å². The molecule has 0 aliphatic carbocycles. The van der Waals surface area contributed by atoms with E-state index in [0.29, 0.717) is 13.0 Å². The molecule has 26 heavy (non-hydrogen) atoms. The topological polar surface area (TPSA) is 18.5 Å². The molecule has 156 valence electrons. The van der Waals surface area contributed by atoms with Gasteiger partial charge < -0.3 is 9.47 Å². The van der Waals surface area contributed by atoms with Gasteiger partial charge in [-0.25, -0.2) is 0 Å². The van der Waals surface area contributed by atoms with Crippen LogP contribution < -0.4 is 0 Å². The quantitative estimate of drug-likeness (QED) is 0.389. The van der Waals surface area contributed by atoms with Crippen LogP contribution in [0, 0.1) is 0 Å². The van der Waals surface area contributed by atoms with E-state index in [9.17, 15) is 48.3 Å². The van der Waals surface area contributed by atoms with E-state index >= 15 is 0 Å². The van der Waals surface area contributed by atoms with Crippen molar-refractivity contribution in [1.29, 1.82) is 0 Å². The van der Waals surface area contributed by atoms with E-state index in [0.717, 1.165) is 6.42 Å². The highest BCUT2D eigenvalue weighted by Crippen LogP contribution is 2.57. The van der Waals surface area contributed by atoms with Crippen LogP contribution in [0.3, 0.4) is 0 Å². The largest absolute Gasteiger partial charge is 0.460 e. The van der Waals surface area contributed by atoms with Crippen molar-refractivity contribution in [2.75, 3.05) is 19.8 Å². The maximum atomic E-state index is 13.3. The Morgan fingerprint density at radius 2 is 1.35 bits per heavy atom. The van der Waals surface area contributed by atoms with Gasteiger partial charge in [0, 0.05) is 19.6 Å². The molecule has 2 nitrogen and oxygen atoms in total. The Hall–Kier alpha value is -0.850. The minimum absolute atomic E-state index is 0.199. The summed E-state index contributed by atoms with van der Waals surface area (Å²) in [5, 5.41) is 0. The second kappa shape index (κ2) is 7.64. The first-order chi connectivity index (χ1) is 11.6.